The predicted molar refractivity (Wildman–Crippen MR) is 143 cm³/mol. The smallest absolute Gasteiger partial charge is 0.180 e. The molecule has 0 spiro atoms. The molecule has 0 saturated heterocycles. The van der Waals surface area contributed by atoms with Crippen LogP contribution < -0.4 is 18.9 Å². The van der Waals surface area contributed by atoms with Gasteiger partial charge in [-0.2, -0.15) is 0 Å². The standard InChI is InChI=1S/C28H42O4S2/c1-7-9-11-19(3)27(5)15-29-21-13-33-25(23(21)31-17-27)26-24-22(14-34-26)30-16-28(6,18-32-24)20(4)12-10-8-2/h13-14,19-20H,7-12,15-18H2,1-6H3. The number of hydrogen-bond acceptors (Lipinski definition) is 6. The molecular formula is C28H42O4S2. The first-order chi connectivity index (χ1) is 16.3. The van der Waals surface area contributed by atoms with Crippen LogP contribution >= 0.6 is 22.7 Å². The van der Waals surface area contributed by atoms with Gasteiger partial charge >= 0.3 is 0 Å². The average Bonchev–Trinajstić information content (AvgIpc) is 3.33. The molecule has 0 aromatic carbocycles. The van der Waals surface area contributed by atoms with E-state index in [1.807, 2.05) is 0 Å². The Labute approximate surface area is 214 Å². The molecule has 0 aliphatic carbocycles. The quantitative estimate of drug-likeness (QED) is 0.341. The van der Waals surface area contributed by atoms with Crippen molar-refractivity contribution in [1.29, 1.82) is 0 Å². The van der Waals surface area contributed by atoms with Crippen molar-refractivity contribution in [2.75, 3.05) is 26.4 Å². The lowest BCUT2D eigenvalue weighted by Crippen LogP contribution is -2.36. The summed E-state index contributed by atoms with van der Waals surface area (Å²) < 4.78 is 25.7. The van der Waals surface area contributed by atoms with Crippen LogP contribution in [-0.4, -0.2) is 26.4 Å². The lowest BCUT2D eigenvalue weighted by Gasteiger charge is -2.33. The van der Waals surface area contributed by atoms with Crippen LogP contribution in [0.15, 0.2) is 10.8 Å². The Morgan fingerprint density at radius 1 is 0.706 bits per heavy atom. The van der Waals surface area contributed by atoms with Gasteiger partial charge in [-0.25, -0.2) is 0 Å². The van der Waals surface area contributed by atoms with E-state index in [4.69, 9.17) is 18.9 Å². The molecule has 4 atom stereocenters. The molecule has 34 heavy (non-hydrogen) atoms. The van der Waals surface area contributed by atoms with Gasteiger partial charge in [-0.3, -0.25) is 0 Å². The van der Waals surface area contributed by atoms with Crippen LogP contribution in [0.3, 0.4) is 0 Å². The van der Waals surface area contributed by atoms with Gasteiger partial charge in [0.1, 0.15) is 0 Å². The molecule has 2 aromatic rings. The summed E-state index contributed by atoms with van der Waals surface area (Å²) in [7, 11) is 0. The van der Waals surface area contributed by atoms with Crippen LogP contribution in [0, 0.1) is 22.7 Å². The molecule has 0 bridgehead atoms. The second-order valence-electron chi connectivity index (χ2n) is 11.1. The molecule has 2 aliphatic heterocycles. The molecule has 4 rings (SSSR count). The summed E-state index contributed by atoms with van der Waals surface area (Å²) in [5.41, 5.74) is 0.0110. The molecule has 190 valence electrons. The Balaban J connectivity index is 1.53. The summed E-state index contributed by atoms with van der Waals surface area (Å²) in [5, 5.41) is 4.18. The first-order valence-corrected chi connectivity index (χ1v) is 14.8. The van der Waals surface area contributed by atoms with E-state index in [9.17, 15) is 0 Å². The van der Waals surface area contributed by atoms with Crippen LogP contribution in [0.5, 0.6) is 23.0 Å². The molecule has 0 N–H and O–H groups in total. The summed E-state index contributed by atoms with van der Waals surface area (Å²) in [5.74, 6) is 4.56. The number of thiophene rings is 2. The maximum absolute atomic E-state index is 6.50. The van der Waals surface area contributed by atoms with Gasteiger partial charge in [0.25, 0.3) is 0 Å². The molecule has 0 saturated carbocycles. The zero-order valence-electron chi connectivity index (χ0n) is 21.8. The zero-order chi connectivity index (χ0) is 24.3. The number of unbranched alkanes of at least 4 members (excludes halogenated alkanes) is 2. The molecule has 6 heteroatoms. The Hall–Kier alpha value is -1.40. The van der Waals surface area contributed by atoms with E-state index in [0.717, 1.165) is 32.8 Å². The molecule has 0 amide bonds. The summed E-state index contributed by atoms with van der Waals surface area (Å²) in [4.78, 5) is 2.19. The van der Waals surface area contributed by atoms with Gasteiger partial charge in [0.2, 0.25) is 0 Å². The zero-order valence-corrected chi connectivity index (χ0v) is 23.5. The van der Waals surface area contributed by atoms with E-state index >= 15 is 0 Å². The Bertz CT molecular complexity index is 874. The third-order valence-corrected chi connectivity index (χ3v) is 10.2. The lowest BCUT2D eigenvalue weighted by atomic mass is 9.77. The van der Waals surface area contributed by atoms with Gasteiger partial charge in [-0.1, -0.05) is 67.2 Å². The number of rotatable bonds is 9. The molecule has 0 fully saturated rings. The summed E-state index contributed by atoms with van der Waals surface area (Å²) in [6.07, 6.45) is 7.36. The molecule has 4 unspecified atom stereocenters. The third kappa shape index (κ3) is 5.09. The number of fused-ring (bicyclic) bond motifs is 2. The highest BCUT2D eigenvalue weighted by atomic mass is 32.1. The summed E-state index contributed by atoms with van der Waals surface area (Å²) in [6, 6.07) is 0. The van der Waals surface area contributed by atoms with E-state index in [-0.39, 0.29) is 10.8 Å². The highest BCUT2D eigenvalue weighted by molar-refractivity contribution is 7.21. The summed E-state index contributed by atoms with van der Waals surface area (Å²) >= 11 is 3.35. The first-order valence-electron chi connectivity index (χ1n) is 13.1. The molecule has 2 aliphatic rings. The van der Waals surface area contributed by atoms with E-state index in [1.165, 1.54) is 38.5 Å². The minimum Gasteiger partial charge on any atom is -0.488 e. The third-order valence-electron chi connectivity index (χ3n) is 8.20. The van der Waals surface area contributed by atoms with Crippen LogP contribution in [-0.2, 0) is 0 Å². The fraction of sp³-hybridized carbons (Fsp3) is 0.714. The second-order valence-corrected chi connectivity index (χ2v) is 12.8. The molecule has 0 radical (unpaired) electrons. The first kappa shape index (κ1) is 25.7. The summed E-state index contributed by atoms with van der Waals surface area (Å²) in [6.45, 7) is 16.5. The van der Waals surface area contributed by atoms with Crippen LogP contribution in [0.1, 0.15) is 80.1 Å². The van der Waals surface area contributed by atoms with Crippen molar-refractivity contribution in [2.45, 2.75) is 80.1 Å². The topological polar surface area (TPSA) is 36.9 Å². The van der Waals surface area contributed by atoms with Gasteiger partial charge < -0.3 is 18.9 Å². The molecule has 4 heterocycles. The fourth-order valence-electron chi connectivity index (χ4n) is 4.78. The van der Waals surface area contributed by atoms with Gasteiger partial charge in [0.15, 0.2) is 23.0 Å². The SMILES string of the molecule is CCCCC(C)C1(C)COc2csc(-c3scc4c3OCC(C)(C(C)CCCC)CO4)c2OC1. The Morgan fingerprint density at radius 2 is 1.09 bits per heavy atom. The van der Waals surface area contributed by atoms with Crippen LogP contribution in [0.4, 0.5) is 0 Å². The van der Waals surface area contributed by atoms with E-state index in [2.05, 4.69) is 52.3 Å². The molecule has 2 aromatic heterocycles. The van der Waals surface area contributed by atoms with Crippen molar-refractivity contribution < 1.29 is 18.9 Å². The lowest BCUT2D eigenvalue weighted by molar-refractivity contribution is 0.0614. The normalized spacial score (nSPS) is 25.9. The molecular weight excluding hydrogens is 464 g/mol. The van der Waals surface area contributed by atoms with Gasteiger partial charge in [-0.05, 0) is 24.7 Å². The Morgan fingerprint density at radius 3 is 1.47 bits per heavy atom. The van der Waals surface area contributed by atoms with E-state index < -0.39 is 0 Å². The highest BCUT2D eigenvalue weighted by Crippen LogP contribution is 2.55. The predicted octanol–water partition coefficient (Wildman–Crippen LogP) is 8.68. The number of ether oxygens (including phenoxy) is 4. The maximum Gasteiger partial charge on any atom is 0.180 e. The Kier molecular flexibility index (Phi) is 8.08. The highest BCUT2D eigenvalue weighted by Gasteiger charge is 2.39. The monoisotopic (exact) mass is 506 g/mol. The van der Waals surface area contributed by atoms with Crippen molar-refractivity contribution in [1.82, 2.24) is 0 Å². The van der Waals surface area contributed by atoms with Gasteiger partial charge in [0, 0.05) is 21.6 Å². The van der Waals surface area contributed by atoms with Gasteiger partial charge in [-0.15, -0.1) is 22.7 Å². The van der Waals surface area contributed by atoms with Crippen molar-refractivity contribution in [3.05, 3.63) is 10.8 Å². The van der Waals surface area contributed by atoms with Crippen molar-refractivity contribution >= 4 is 22.7 Å². The fourth-order valence-corrected chi connectivity index (χ4v) is 6.80. The largest absolute Gasteiger partial charge is 0.488 e. The van der Waals surface area contributed by atoms with E-state index in [1.54, 1.807) is 22.7 Å². The molecule has 4 nitrogen and oxygen atoms in total. The van der Waals surface area contributed by atoms with Crippen molar-refractivity contribution in [3.8, 4) is 32.8 Å². The number of hydrogen-bond donors (Lipinski definition) is 0. The minimum atomic E-state index is 0.00549. The maximum atomic E-state index is 6.50. The van der Waals surface area contributed by atoms with Crippen molar-refractivity contribution in [3.63, 3.8) is 0 Å². The van der Waals surface area contributed by atoms with Crippen molar-refractivity contribution in [2.24, 2.45) is 22.7 Å². The minimum absolute atomic E-state index is 0.00549. The average molecular weight is 507 g/mol. The van der Waals surface area contributed by atoms with E-state index in [0.29, 0.717) is 38.3 Å². The van der Waals surface area contributed by atoms with Crippen LogP contribution in [0.2, 0.25) is 0 Å². The second kappa shape index (κ2) is 10.7. The van der Waals surface area contributed by atoms with Crippen LogP contribution in [0.25, 0.3) is 9.75 Å². The van der Waals surface area contributed by atoms with Gasteiger partial charge in [0.05, 0.1) is 36.2 Å².